The van der Waals surface area contributed by atoms with Crippen LogP contribution in [0, 0.1) is 0 Å². The van der Waals surface area contributed by atoms with Crippen molar-refractivity contribution in [1.82, 2.24) is 10.2 Å². The second-order valence-corrected chi connectivity index (χ2v) is 9.36. The lowest BCUT2D eigenvalue weighted by atomic mass is 10.1. The minimum absolute atomic E-state index is 0.0619. The van der Waals surface area contributed by atoms with E-state index >= 15 is 0 Å². The number of nitrogens with one attached hydrogen (secondary N) is 1. The van der Waals surface area contributed by atoms with Crippen LogP contribution in [0.2, 0.25) is 5.02 Å². The topological polar surface area (TPSA) is 49.4 Å². The number of nitrogens with zero attached hydrogens (tertiary/aromatic N) is 1. The number of benzene rings is 2. The van der Waals surface area contributed by atoms with E-state index in [4.69, 9.17) is 11.6 Å². The van der Waals surface area contributed by atoms with Gasteiger partial charge in [0, 0.05) is 28.3 Å². The number of carbonyl (C=O) groups is 2. The van der Waals surface area contributed by atoms with Crippen molar-refractivity contribution in [2.75, 3.05) is 12.3 Å². The summed E-state index contributed by atoms with van der Waals surface area (Å²) in [5, 5.41) is 3.64. The summed E-state index contributed by atoms with van der Waals surface area (Å²) in [5.74, 6) is 0.751. The van der Waals surface area contributed by atoms with Gasteiger partial charge in [0.1, 0.15) is 6.04 Å². The maximum Gasteiger partial charge on any atom is 0.242 e. The molecule has 4 nitrogen and oxygen atoms in total. The van der Waals surface area contributed by atoms with E-state index in [1.54, 1.807) is 11.8 Å². The molecule has 0 unspecified atom stereocenters. The number of unbranched alkanes of at least 4 members (excludes halogenated alkanes) is 1. The van der Waals surface area contributed by atoms with E-state index in [9.17, 15) is 9.59 Å². The van der Waals surface area contributed by atoms with Gasteiger partial charge in [-0.1, -0.05) is 71.2 Å². The Balaban J connectivity index is 2.04. The van der Waals surface area contributed by atoms with Crippen LogP contribution in [-0.4, -0.2) is 35.1 Å². The minimum Gasteiger partial charge on any atom is -0.354 e. The van der Waals surface area contributed by atoms with Gasteiger partial charge in [-0.2, -0.15) is 0 Å². The molecule has 0 fully saturated rings. The lowest BCUT2D eigenvalue weighted by Gasteiger charge is -2.29. The maximum atomic E-state index is 13.0. The van der Waals surface area contributed by atoms with Crippen molar-refractivity contribution in [3.8, 4) is 0 Å². The second kappa shape index (κ2) is 13.0. The van der Waals surface area contributed by atoms with E-state index in [1.807, 2.05) is 48.5 Å². The van der Waals surface area contributed by atoms with Crippen LogP contribution >= 0.6 is 39.3 Å². The molecule has 1 atom stereocenters. The number of halogens is 2. The molecule has 0 bridgehead atoms. The zero-order chi connectivity index (χ0) is 21.9. The Labute approximate surface area is 196 Å². The van der Waals surface area contributed by atoms with Crippen LogP contribution in [0.1, 0.15) is 37.8 Å². The lowest BCUT2D eigenvalue weighted by molar-refractivity contribution is -0.138. The van der Waals surface area contributed by atoms with E-state index in [0.717, 1.165) is 28.4 Å². The summed E-state index contributed by atoms with van der Waals surface area (Å²) in [6, 6.07) is 14.9. The molecule has 0 aliphatic heterocycles. The smallest absolute Gasteiger partial charge is 0.242 e. The number of hydrogen-bond donors (Lipinski definition) is 1. The Morgan fingerprint density at radius 1 is 1.17 bits per heavy atom. The fourth-order valence-electron chi connectivity index (χ4n) is 2.85. The molecule has 0 aliphatic carbocycles. The molecule has 162 valence electrons. The van der Waals surface area contributed by atoms with Crippen LogP contribution in [0.15, 0.2) is 53.0 Å². The number of carbonyl (C=O) groups excluding carboxylic acids is 2. The molecule has 30 heavy (non-hydrogen) atoms. The molecule has 2 aromatic rings. The predicted molar refractivity (Wildman–Crippen MR) is 130 cm³/mol. The molecule has 2 rings (SSSR count). The van der Waals surface area contributed by atoms with Gasteiger partial charge in [-0.05, 0) is 42.7 Å². The Morgan fingerprint density at radius 3 is 2.53 bits per heavy atom. The third kappa shape index (κ3) is 7.97. The highest BCUT2D eigenvalue weighted by molar-refractivity contribution is 9.10. The highest BCUT2D eigenvalue weighted by Gasteiger charge is 2.25. The Kier molecular flexibility index (Phi) is 10.8. The molecule has 2 amide bonds. The van der Waals surface area contributed by atoms with E-state index in [0.29, 0.717) is 23.9 Å². The van der Waals surface area contributed by atoms with E-state index in [2.05, 4.69) is 28.2 Å². The largest absolute Gasteiger partial charge is 0.354 e. The normalized spacial score (nSPS) is 11.7. The van der Waals surface area contributed by atoms with Gasteiger partial charge in [-0.15, -0.1) is 11.8 Å². The molecule has 0 saturated carbocycles. The van der Waals surface area contributed by atoms with Gasteiger partial charge < -0.3 is 10.2 Å². The van der Waals surface area contributed by atoms with Gasteiger partial charge >= 0.3 is 0 Å². The molecule has 0 aromatic heterocycles. The van der Waals surface area contributed by atoms with Crippen molar-refractivity contribution in [2.45, 2.75) is 45.0 Å². The van der Waals surface area contributed by atoms with E-state index in [1.165, 1.54) is 11.8 Å². The molecular formula is C23H28BrClN2O2S. The lowest BCUT2D eigenvalue weighted by Crippen LogP contribution is -2.48. The van der Waals surface area contributed by atoms with Gasteiger partial charge in [-0.3, -0.25) is 9.59 Å². The molecule has 0 spiro atoms. The average molecular weight is 512 g/mol. The van der Waals surface area contributed by atoms with Gasteiger partial charge in [0.25, 0.3) is 0 Å². The van der Waals surface area contributed by atoms with Crippen LogP contribution in [0.4, 0.5) is 0 Å². The Hall–Kier alpha value is -1.50. The average Bonchev–Trinajstić information content (AvgIpc) is 2.74. The van der Waals surface area contributed by atoms with Crippen LogP contribution in [0.25, 0.3) is 0 Å². The fourth-order valence-corrected chi connectivity index (χ4v) is 4.31. The SMILES string of the molecule is CCCCNC(=O)[C@H](C)N(Cc1ccc(Br)cc1)C(=O)CSCc1ccccc1Cl. The number of thioether (sulfide) groups is 1. The van der Waals surface area contributed by atoms with Crippen LogP contribution in [0.3, 0.4) is 0 Å². The highest BCUT2D eigenvalue weighted by atomic mass is 79.9. The molecule has 1 N–H and O–H groups in total. The second-order valence-electron chi connectivity index (χ2n) is 7.05. The first-order chi connectivity index (χ1) is 14.4. The fraction of sp³-hybridized carbons (Fsp3) is 0.391. The first-order valence-corrected chi connectivity index (χ1v) is 12.4. The summed E-state index contributed by atoms with van der Waals surface area (Å²) in [6.07, 6.45) is 1.93. The van der Waals surface area contributed by atoms with Crippen LogP contribution in [0.5, 0.6) is 0 Å². The van der Waals surface area contributed by atoms with Crippen LogP contribution in [-0.2, 0) is 21.9 Å². The number of hydrogen-bond acceptors (Lipinski definition) is 3. The van der Waals surface area contributed by atoms with Gasteiger partial charge in [0.05, 0.1) is 5.75 Å². The third-order valence-electron chi connectivity index (χ3n) is 4.70. The minimum atomic E-state index is -0.543. The van der Waals surface area contributed by atoms with E-state index in [-0.39, 0.29) is 17.6 Å². The summed E-state index contributed by atoms with van der Waals surface area (Å²) in [5.41, 5.74) is 1.98. The predicted octanol–water partition coefficient (Wildman–Crippen LogP) is 5.67. The summed E-state index contributed by atoms with van der Waals surface area (Å²) in [7, 11) is 0. The van der Waals surface area contributed by atoms with Crippen molar-refractivity contribution in [1.29, 1.82) is 0 Å². The summed E-state index contributed by atoms with van der Waals surface area (Å²) >= 11 is 11.1. The molecule has 0 aliphatic rings. The van der Waals surface area contributed by atoms with Crippen LogP contribution < -0.4 is 5.32 Å². The summed E-state index contributed by atoms with van der Waals surface area (Å²) in [6.45, 7) is 4.88. The first kappa shape index (κ1) is 24.8. The van der Waals surface area contributed by atoms with Gasteiger partial charge in [0.15, 0.2) is 0 Å². The van der Waals surface area contributed by atoms with Crippen molar-refractivity contribution >= 4 is 51.1 Å². The molecule has 0 saturated heterocycles. The standard InChI is InChI=1S/C23H28BrClN2O2S/c1-3-4-13-26-23(29)17(2)27(14-18-9-11-20(24)12-10-18)22(28)16-30-15-19-7-5-6-8-21(19)25/h5-12,17H,3-4,13-16H2,1-2H3,(H,26,29)/t17-/m0/s1. The molecule has 0 heterocycles. The molecule has 2 aromatic carbocycles. The highest BCUT2D eigenvalue weighted by Crippen LogP contribution is 2.22. The summed E-state index contributed by atoms with van der Waals surface area (Å²) < 4.78 is 0.977. The Bertz CT molecular complexity index is 832. The summed E-state index contributed by atoms with van der Waals surface area (Å²) in [4.78, 5) is 27.3. The quantitative estimate of drug-likeness (QED) is 0.396. The maximum absolute atomic E-state index is 13.0. The first-order valence-electron chi connectivity index (χ1n) is 10.0. The monoisotopic (exact) mass is 510 g/mol. The van der Waals surface area contributed by atoms with Crippen molar-refractivity contribution < 1.29 is 9.59 Å². The van der Waals surface area contributed by atoms with Crippen molar-refractivity contribution in [3.05, 3.63) is 69.2 Å². The zero-order valence-electron chi connectivity index (χ0n) is 17.4. The van der Waals surface area contributed by atoms with Gasteiger partial charge in [-0.25, -0.2) is 0 Å². The van der Waals surface area contributed by atoms with Crippen molar-refractivity contribution in [3.63, 3.8) is 0 Å². The molecular weight excluding hydrogens is 484 g/mol. The number of rotatable bonds is 11. The van der Waals surface area contributed by atoms with Crippen molar-refractivity contribution in [2.24, 2.45) is 0 Å². The molecule has 0 radical (unpaired) electrons. The molecule has 7 heteroatoms. The Morgan fingerprint density at radius 2 is 1.87 bits per heavy atom. The van der Waals surface area contributed by atoms with Gasteiger partial charge in [0.2, 0.25) is 11.8 Å². The number of amides is 2. The van der Waals surface area contributed by atoms with E-state index < -0.39 is 6.04 Å². The zero-order valence-corrected chi connectivity index (χ0v) is 20.5. The third-order valence-corrected chi connectivity index (χ3v) is 6.57.